The lowest BCUT2D eigenvalue weighted by Gasteiger charge is -2.10. The van der Waals surface area contributed by atoms with Crippen LogP contribution in [0, 0.1) is 0 Å². The quantitative estimate of drug-likeness (QED) is 0.620. The molecule has 1 atom stereocenters. The molecule has 6 heteroatoms. The lowest BCUT2D eigenvalue weighted by atomic mass is 10.3. The number of carbonyl (C=O) groups excluding carboxylic acids is 1. The fourth-order valence-corrected chi connectivity index (χ4v) is 2.48. The molecule has 20 heavy (non-hydrogen) atoms. The molecule has 108 valence electrons. The van der Waals surface area contributed by atoms with Crippen LogP contribution in [-0.4, -0.2) is 22.1 Å². The molecule has 0 bridgehead atoms. The number of fused-ring (bicyclic) bond motifs is 1. The lowest BCUT2D eigenvalue weighted by molar-refractivity contribution is -0.143. The van der Waals surface area contributed by atoms with Crippen LogP contribution in [0.2, 0.25) is 5.02 Å². The number of para-hydroxylation sites is 1. The highest BCUT2D eigenvalue weighted by atomic mass is 35.5. The van der Waals surface area contributed by atoms with Gasteiger partial charge in [0, 0.05) is 6.54 Å². The molecule has 2 aromatic rings. The van der Waals surface area contributed by atoms with Gasteiger partial charge in [-0.3, -0.25) is 4.79 Å². The largest absolute Gasteiger partial charge is 0.466 e. The molecule has 0 aliphatic carbocycles. The van der Waals surface area contributed by atoms with E-state index in [4.69, 9.17) is 27.9 Å². The number of esters is 1. The standard InChI is InChI=1S/C14H16Cl2N2O2/c1-3-20-12(19)7-8-18-11-6-4-5-10(16)13(11)17-14(18)9(2)15/h4-6,9H,3,7-8H2,1-2H3. The van der Waals surface area contributed by atoms with E-state index >= 15 is 0 Å². The first-order chi connectivity index (χ1) is 9.54. The van der Waals surface area contributed by atoms with Crippen LogP contribution in [0.1, 0.15) is 31.5 Å². The van der Waals surface area contributed by atoms with Gasteiger partial charge >= 0.3 is 5.97 Å². The number of hydrogen-bond donors (Lipinski definition) is 0. The third-order valence-electron chi connectivity index (χ3n) is 2.96. The van der Waals surface area contributed by atoms with Gasteiger partial charge in [-0.25, -0.2) is 4.98 Å². The van der Waals surface area contributed by atoms with Gasteiger partial charge in [-0.1, -0.05) is 17.7 Å². The Morgan fingerprint density at radius 1 is 1.50 bits per heavy atom. The van der Waals surface area contributed by atoms with Gasteiger partial charge < -0.3 is 9.30 Å². The zero-order valence-electron chi connectivity index (χ0n) is 11.4. The van der Waals surface area contributed by atoms with Crippen LogP contribution >= 0.6 is 23.2 Å². The Labute approximate surface area is 127 Å². The summed E-state index contributed by atoms with van der Waals surface area (Å²) in [6, 6.07) is 5.56. The van der Waals surface area contributed by atoms with E-state index in [1.165, 1.54) is 0 Å². The Kier molecular flexibility index (Phi) is 4.89. The highest BCUT2D eigenvalue weighted by molar-refractivity contribution is 6.35. The molecular weight excluding hydrogens is 299 g/mol. The summed E-state index contributed by atoms with van der Waals surface area (Å²) in [7, 11) is 0. The molecule has 0 saturated heterocycles. The SMILES string of the molecule is CCOC(=O)CCn1c(C(C)Cl)nc2c(Cl)cccc21. The van der Waals surface area contributed by atoms with Crippen LogP contribution < -0.4 is 0 Å². The van der Waals surface area contributed by atoms with Crippen molar-refractivity contribution in [3.63, 3.8) is 0 Å². The third kappa shape index (κ3) is 3.07. The summed E-state index contributed by atoms with van der Waals surface area (Å²) in [5, 5.41) is 0.316. The molecule has 0 spiro atoms. The number of ether oxygens (including phenoxy) is 1. The molecule has 1 aromatic heterocycles. The van der Waals surface area contributed by atoms with Crippen LogP contribution in [0.4, 0.5) is 0 Å². The maximum absolute atomic E-state index is 11.5. The first kappa shape index (κ1) is 15.1. The van der Waals surface area contributed by atoms with Crippen LogP contribution in [0.15, 0.2) is 18.2 Å². The first-order valence-electron chi connectivity index (χ1n) is 6.49. The third-order valence-corrected chi connectivity index (χ3v) is 3.46. The predicted molar refractivity (Wildman–Crippen MR) is 80.3 cm³/mol. The summed E-state index contributed by atoms with van der Waals surface area (Å²) in [5.41, 5.74) is 1.59. The van der Waals surface area contributed by atoms with E-state index in [0.29, 0.717) is 29.5 Å². The summed E-state index contributed by atoms with van der Waals surface area (Å²) in [4.78, 5) is 16.0. The van der Waals surface area contributed by atoms with Crippen LogP contribution in [0.3, 0.4) is 0 Å². The average Bonchev–Trinajstić information content (AvgIpc) is 2.77. The summed E-state index contributed by atoms with van der Waals surface area (Å²) in [6.07, 6.45) is 0.280. The van der Waals surface area contributed by atoms with Gasteiger partial charge in [0.2, 0.25) is 0 Å². The van der Waals surface area contributed by atoms with E-state index in [1.54, 1.807) is 13.0 Å². The minimum absolute atomic E-state index is 0.232. The van der Waals surface area contributed by atoms with Crippen molar-refractivity contribution >= 4 is 40.2 Å². The second-order valence-electron chi connectivity index (χ2n) is 4.40. The van der Waals surface area contributed by atoms with Crippen LogP contribution in [0.5, 0.6) is 0 Å². The Hall–Kier alpha value is -1.26. The number of rotatable bonds is 5. The number of carbonyl (C=O) groups is 1. The van der Waals surface area contributed by atoms with Gasteiger partial charge in [0.15, 0.2) is 0 Å². The molecule has 0 aliphatic heterocycles. The predicted octanol–water partition coefficient (Wildman–Crippen LogP) is 3.94. The lowest BCUT2D eigenvalue weighted by Crippen LogP contribution is -2.11. The number of aromatic nitrogens is 2. The van der Waals surface area contributed by atoms with Crippen molar-refractivity contribution in [2.45, 2.75) is 32.2 Å². The van der Waals surface area contributed by atoms with Gasteiger partial charge in [0.1, 0.15) is 11.3 Å². The summed E-state index contributed by atoms with van der Waals surface area (Å²) >= 11 is 12.3. The molecular formula is C14H16Cl2N2O2. The second-order valence-corrected chi connectivity index (χ2v) is 5.46. The molecule has 1 unspecified atom stereocenters. The first-order valence-corrected chi connectivity index (χ1v) is 7.30. The van der Waals surface area contributed by atoms with E-state index in [2.05, 4.69) is 4.98 Å². The Morgan fingerprint density at radius 3 is 2.90 bits per heavy atom. The van der Waals surface area contributed by atoms with Crippen molar-refractivity contribution in [3.8, 4) is 0 Å². The molecule has 1 aromatic carbocycles. The van der Waals surface area contributed by atoms with E-state index < -0.39 is 0 Å². The molecule has 0 amide bonds. The van der Waals surface area contributed by atoms with Gasteiger partial charge in [-0.15, -0.1) is 11.6 Å². The smallest absolute Gasteiger partial charge is 0.307 e. The van der Waals surface area contributed by atoms with Crippen molar-refractivity contribution in [1.82, 2.24) is 9.55 Å². The summed E-state index contributed by atoms with van der Waals surface area (Å²) in [6.45, 7) is 4.49. The topological polar surface area (TPSA) is 44.1 Å². The summed E-state index contributed by atoms with van der Waals surface area (Å²) < 4.78 is 6.87. The number of benzene rings is 1. The minimum Gasteiger partial charge on any atom is -0.466 e. The van der Waals surface area contributed by atoms with E-state index in [-0.39, 0.29) is 17.8 Å². The highest BCUT2D eigenvalue weighted by Crippen LogP contribution is 2.28. The van der Waals surface area contributed by atoms with Crippen molar-refractivity contribution in [2.24, 2.45) is 0 Å². The molecule has 4 nitrogen and oxygen atoms in total. The number of imidazole rings is 1. The molecule has 0 radical (unpaired) electrons. The normalized spacial score (nSPS) is 12.6. The van der Waals surface area contributed by atoms with Crippen LogP contribution in [0.25, 0.3) is 11.0 Å². The Morgan fingerprint density at radius 2 is 2.25 bits per heavy atom. The zero-order chi connectivity index (χ0) is 14.7. The fraction of sp³-hybridized carbons (Fsp3) is 0.429. The molecule has 2 rings (SSSR count). The number of alkyl halides is 1. The second kappa shape index (κ2) is 6.46. The van der Waals surface area contributed by atoms with Crippen molar-refractivity contribution in [2.75, 3.05) is 6.61 Å². The maximum atomic E-state index is 11.5. The van der Waals surface area contributed by atoms with Crippen LogP contribution in [-0.2, 0) is 16.1 Å². The van der Waals surface area contributed by atoms with E-state index in [9.17, 15) is 4.79 Å². The molecule has 0 fully saturated rings. The van der Waals surface area contributed by atoms with Gasteiger partial charge in [0.25, 0.3) is 0 Å². The number of halogens is 2. The van der Waals surface area contributed by atoms with E-state index in [0.717, 1.165) is 5.52 Å². The number of hydrogen-bond acceptors (Lipinski definition) is 3. The molecule has 0 saturated carbocycles. The molecule has 1 heterocycles. The fourth-order valence-electron chi connectivity index (χ4n) is 2.11. The molecule has 0 aliphatic rings. The van der Waals surface area contributed by atoms with Crippen molar-refractivity contribution in [3.05, 3.63) is 29.0 Å². The van der Waals surface area contributed by atoms with E-state index in [1.807, 2.05) is 23.6 Å². The number of aryl methyl sites for hydroxylation is 1. The van der Waals surface area contributed by atoms with Gasteiger partial charge in [-0.05, 0) is 26.0 Å². The van der Waals surface area contributed by atoms with Gasteiger partial charge in [-0.2, -0.15) is 0 Å². The summed E-state index contributed by atoms with van der Waals surface area (Å²) in [5.74, 6) is 0.476. The Balaban J connectivity index is 2.37. The zero-order valence-corrected chi connectivity index (χ0v) is 12.9. The maximum Gasteiger partial charge on any atom is 0.307 e. The Bertz CT molecular complexity index is 623. The van der Waals surface area contributed by atoms with Crippen molar-refractivity contribution < 1.29 is 9.53 Å². The molecule has 0 N–H and O–H groups in total. The number of nitrogens with zero attached hydrogens (tertiary/aromatic N) is 2. The average molecular weight is 315 g/mol. The monoisotopic (exact) mass is 314 g/mol. The highest BCUT2D eigenvalue weighted by Gasteiger charge is 2.17. The minimum atomic E-state index is -0.263. The van der Waals surface area contributed by atoms with Crippen molar-refractivity contribution in [1.29, 1.82) is 0 Å². The van der Waals surface area contributed by atoms with Gasteiger partial charge in [0.05, 0.1) is 28.9 Å².